The molecule has 0 spiro atoms. The first kappa shape index (κ1) is 12.7. The van der Waals surface area contributed by atoms with Crippen molar-refractivity contribution in [2.24, 2.45) is 11.8 Å². The maximum absolute atomic E-state index is 3.56. The molecule has 0 aromatic heterocycles. The summed E-state index contributed by atoms with van der Waals surface area (Å²) >= 11 is 0. The summed E-state index contributed by atoms with van der Waals surface area (Å²) in [6, 6.07) is 0. The topological polar surface area (TPSA) is 0 Å². The zero-order valence-electron chi connectivity index (χ0n) is 9.90. The quantitative estimate of drug-likeness (QED) is 0.511. The Labute approximate surface area is 84.4 Å². The summed E-state index contributed by atoms with van der Waals surface area (Å²) in [4.78, 5) is 0. The normalized spacial score (nSPS) is 27.4. The Hall–Kier alpha value is -0.260. The van der Waals surface area contributed by atoms with Crippen LogP contribution in [0, 0.1) is 11.8 Å². The monoisotopic (exact) mass is 182 g/mol. The third-order valence-corrected chi connectivity index (χ3v) is 2.71. The van der Waals surface area contributed by atoms with Gasteiger partial charge in [0.2, 0.25) is 0 Å². The SMILES string of the molecule is C=C(C)C.CCC1CCC(C)CC1. The average Bonchev–Trinajstić information content (AvgIpc) is 2.05. The number of allylic oxidation sites excluding steroid dienone is 1. The predicted octanol–water partition coefficient (Wildman–Crippen LogP) is 4.81. The van der Waals surface area contributed by atoms with E-state index in [1.54, 1.807) is 0 Å². The van der Waals surface area contributed by atoms with E-state index >= 15 is 0 Å². The van der Waals surface area contributed by atoms with Crippen LogP contribution in [0.3, 0.4) is 0 Å². The Bertz CT molecular complexity index is 123. The molecular weight excluding hydrogens is 156 g/mol. The van der Waals surface area contributed by atoms with E-state index in [4.69, 9.17) is 0 Å². The summed E-state index contributed by atoms with van der Waals surface area (Å²) in [7, 11) is 0. The second-order valence-corrected chi connectivity index (χ2v) is 4.74. The molecule has 0 bridgehead atoms. The number of hydrogen-bond acceptors (Lipinski definition) is 0. The van der Waals surface area contributed by atoms with E-state index in [0.29, 0.717) is 0 Å². The summed E-state index contributed by atoms with van der Waals surface area (Å²) < 4.78 is 0. The van der Waals surface area contributed by atoms with Crippen LogP contribution >= 0.6 is 0 Å². The van der Waals surface area contributed by atoms with Crippen molar-refractivity contribution in [2.45, 2.75) is 59.8 Å². The van der Waals surface area contributed by atoms with Gasteiger partial charge >= 0.3 is 0 Å². The van der Waals surface area contributed by atoms with E-state index in [2.05, 4.69) is 20.4 Å². The van der Waals surface area contributed by atoms with Crippen molar-refractivity contribution >= 4 is 0 Å². The Morgan fingerprint density at radius 3 is 1.85 bits per heavy atom. The Balaban J connectivity index is 0.000000310. The van der Waals surface area contributed by atoms with Crippen LogP contribution < -0.4 is 0 Å². The maximum Gasteiger partial charge on any atom is -0.0417 e. The Kier molecular flexibility index (Phi) is 7.03. The molecule has 1 aliphatic carbocycles. The summed E-state index contributed by atoms with van der Waals surface area (Å²) in [5.41, 5.74) is 1.17. The van der Waals surface area contributed by atoms with Crippen LogP contribution in [0.4, 0.5) is 0 Å². The van der Waals surface area contributed by atoms with Gasteiger partial charge in [-0.1, -0.05) is 51.5 Å². The lowest BCUT2D eigenvalue weighted by atomic mass is 9.82. The van der Waals surface area contributed by atoms with Gasteiger partial charge in [-0.2, -0.15) is 0 Å². The summed E-state index contributed by atoms with van der Waals surface area (Å²) in [6.07, 6.45) is 7.37. The van der Waals surface area contributed by atoms with Crippen molar-refractivity contribution in [1.29, 1.82) is 0 Å². The van der Waals surface area contributed by atoms with E-state index in [9.17, 15) is 0 Å². The van der Waals surface area contributed by atoms with Gasteiger partial charge in [-0.25, -0.2) is 0 Å². The molecule has 0 aliphatic heterocycles. The second kappa shape index (κ2) is 7.17. The van der Waals surface area contributed by atoms with Gasteiger partial charge in [0, 0.05) is 0 Å². The molecule has 78 valence electrons. The minimum Gasteiger partial charge on any atom is -0.100 e. The Morgan fingerprint density at radius 1 is 1.15 bits per heavy atom. The minimum atomic E-state index is 1.02. The highest BCUT2D eigenvalue weighted by Gasteiger charge is 2.15. The lowest BCUT2D eigenvalue weighted by molar-refractivity contribution is 0.284. The van der Waals surface area contributed by atoms with Gasteiger partial charge in [0.15, 0.2) is 0 Å². The molecule has 0 aromatic rings. The smallest absolute Gasteiger partial charge is 0.0417 e. The predicted molar refractivity (Wildman–Crippen MR) is 61.9 cm³/mol. The first-order valence-corrected chi connectivity index (χ1v) is 5.68. The number of rotatable bonds is 1. The fourth-order valence-corrected chi connectivity index (χ4v) is 1.74. The van der Waals surface area contributed by atoms with Gasteiger partial charge in [-0.05, 0) is 25.7 Å². The molecule has 0 nitrogen and oxygen atoms in total. The maximum atomic E-state index is 3.56. The van der Waals surface area contributed by atoms with Crippen molar-refractivity contribution in [3.8, 4) is 0 Å². The molecule has 13 heavy (non-hydrogen) atoms. The molecule has 0 amide bonds. The first-order chi connectivity index (χ1) is 6.06. The molecule has 0 N–H and O–H groups in total. The third-order valence-electron chi connectivity index (χ3n) is 2.71. The molecule has 1 saturated carbocycles. The highest BCUT2D eigenvalue weighted by atomic mass is 14.2. The van der Waals surface area contributed by atoms with Gasteiger partial charge in [-0.15, -0.1) is 6.58 Å². The molecule has 0 radical (unpaired) electrons. The van der Waals surface area contributed by atoms with E-state index < -0.39 is 0 Å². The van der Waals surface area contributed by atoms with Crippen molar-refractivity contribution < 1.29 is 0 Å². The molecule has 1 rings (SSSR count). The standard InChI is InChI=1S/C9H18.C4H8/c1-3-9-6-4-8(2)5-7-9;1-4(2)3/h8-9H,3-7H2,1-2H3;1H2,2-3H3. The van der Waals surface area contributed by atoms with Gasteiger partial charge in [0.1, 0.15) is 0 Å². The molecule has 0 aromatic carbocycles. The van der Waals surface area contributed by atoms with Crippen LogP contribution in [0.2, 0.25) is 0 Å². The Morgan fingerprint density at radius 2 is 1.54 bits per heavy atom. The fourth-order valence-electron chi connectivity index (χ4n) is 1.74. The molecule has 0 saturated heterocycles. The molecule has 1 fully saturated rings. The van der Waals surface area contributed by atoms with Crippen molar-refractivity contribution in [3.63, 3.8) is 0 Å². The van der Waals surface area contributed by atoms with Crippen molar-refractivity contribution in [2.75, 3.05) is 0 Å². The molecule has 0 heteroatoms. The zero-order chi connectivity index (χ0) is 10.3. The van der Waals surface area contributed by atoms with Crippen LogP contribution in [0.5, 0.6) is 0 Å². The van der Waals surface area contributed by atoms with Crippen LogP contribution in [0.15, 0.2) is 12.2 Å². The van der Waals surface area contributed by atoms with Crippen LogP contribution in [-0.2, 0) is 0 Å². The number of hydrogen-bond donors (Lipinski definition) is 0. The third kappa shape index (κ3) is 8.08. The van der Waals surface area contributed by atoms with Crippen LogP contribution in [0.25, 0.3) is 0 Å². The molecule has 0 atom stereocenters. The molecule has 0 unspecified atom stereocenters. The summed E-state index contributed by atoms with van der Waals surface area (Å²) in [6.45, 7) is 12.2. The van der Waals surface area contributed by atoms with Gasteiger partial charge in [-0.3, -0.25) is 0 Å². The van der Waals surface area contributed by atoms with Gasteiger partial charge in [0.05, 0.1) is 0 Å². The summed E-state index contributed by atoms with van der Waals surface area (Å²) in [5.74, 6) is 2.09. The van der Waals surface area contributed by atoms with Crippen molar-refractivity contribution in [1.82, 2.24) is 0 Å². The average molecular weight is 182 g/mol. The highest BCUT2D eigenvalue weighted by molar-refractivity contribution is 4.78. The van der Waals surface area contributed by atoms with Gasteiger partial charge in [0.25, 0.3) is 0 Å². The highest BCUT2D eigenvalue weighted by Crippen LogP contribution is 2.29. The van der Waals surface area contributed by atoms with Gasteiger partial charge < -0.3 is 0 Å². The fraction of sp³-hybridized carbons (Fsp3) is 0.846. The lowest BCUT2D eigenvalue weighted by Crippen LogP contribution is -2.10. The van der Waals surface area contributed by atoms with E-state index in [1.165, 1.54) is 37.7 Å². The second-order valence-electron chi connectivity index (χ2n) is 4.74. The lowest BCUT2D eigenvalue weighted by Gasteiger charge is -2.24. The largest absolute Gasteiger partial charge is 0.100 e. The van der Waals surface area contributed by atoms with Crippen LogP contribution in [0.1, 0.15) is 59.8 Å². The molecular formula is C13H26. The molecule has 1 aliphatic rings. The van der Waals surface area contributed by atoms with E-state index in [0.717, 1.165) is 11.8 Å². The minimum absolute atomic E-state index is 1.02. The van der Waals surface area contributed by atoms with Crippen LogP contribution in [-0.4, -0.2) is 0 Å². The molecule has 0 heterocycles. The first-order valence-electron chi connectivity index (χ1n) is 5.68. The zero-order valence-corrected chi connectivity index (χ0v) is 9.90. The summed E-state index contributed by atoms with van der Waals surface area (Å²) in [5, 5.41) is 0. The van der Waals surface area contributed by atoms with E-state index in [1.807, 2.05) is 13.8 Å². The van der Waals surface area contributed by atoms with E-state index in [-0.39, 0.29) is 0 Å². The van der Waals surface area contributed by atoms with Crippen molar-refractivity contribution in [3.05, 3.63) is 12.2 Å².